The van der Waals surface area contributed by atoms with Gasteiger partial charge in [-0.2, -0.15) is 0 Å². The number of nitrogens with one attached hydrogen (secondary N) is 1. The number of aliphatic hydroxyl groups excluding tert-OH is 1. The molecule has 19 heavy (non-hydrogen) atoms. The maximum Gasteiger partial charge on any atom is 0.269 e. The number of nitrogens with zero attached hydrogens (tertiary/aromatic N) is 2. The Labute approximate surface area is 110 Å². The Balaban J connectivity index is 2.12. The largest absolute Gasteiger partial charge is 0.390 e. The summed E-state index contributed by atoms with van der Waals surface area (Å²) in [5.41, 5.74) is 0.314. The zero-order chi connectivity index (χ0) is 14.0. The number of nitro benzene ring substituents is 1. The summed E-state index contributed by atoms with van der Waals surface area (Å²) < 4.78 is 0. The van der Waals surface area contributed by atoms with Crippen molar-refractivity contribution in [2.24, 2.45) is 0 Å². The van der Waals surface area contributed by atoms with E-state index in [1.807, 2.05) is 0 Å². The monoisotopic (exact) mass is 265 g/mol. The van der Waals surface area contributed by atoms with E-state index in [9.17, 15) is 20.0 Å². The summed E-state index contributed by atoms with van der Waals surface area (Å²) in [6.45, 7) is 0.999. The predicted molar refractivity (Wildman–Crippen MR) is 67.9 cm³/mol. The molecule has 1 aliphatic heterocycles. The van der Waals surface area contributed by atoms with Gasteiger partial charge in [-0.1, -0.05) is 0 Å². The summed E-state index contributed by atoms with van der Waals surface area (Å²) >= 11 is 0. The number of likely N-dealkylation sites (N-methyl/N-ethyl adjacent to an activating group) is 1. The minimum atomic E-state index is -0.591. The highest BCUT2D eigenvalue weighted by Crippen LogP contribution is 2.15. The first-order valence-electron chi connectivity index (χ1n) is 5.91. The van der Waals surface area contributed by atoms with Gasteiger partial charge in [-0.25, -0.2) is 0 Å². The quantitative estimate of drug-likeness (QED) is 0.592. The molecule has 7 heteroatoms. The molecule has 0 radical (unpaired) electrons. The number of β-amino-alcohol motifs (C(OH)–C–C–N with tert-alkyl or cyclic N) is 1. The third-order valence-corrected chi connectivity index (χ3v) is 3.29. The van der Waals surface area contributed by atoms with Crippen molar-refractivity contribution in [2.75, 3.05) is 20.1 Å². The van der Waals surface area contributed by atoms with Crippen LogP contribution < -0.4 is 5.32 Å². The van der Waals surface area contributed by atoms with Crippen molar-refractivity contribution in [2.45, 2.75) is 12.1 Å². The van der Waals surface area contributed by atoms with Crippen LogP contribution in [0.4, 0.5) is 5.69 Å². The van der Waals surface area contributed by atoms with E-state index >= 15 is 0 Å². The molecule has 2 rings (SSSR count). The average molecular weight is 265 g/mol. The molecule has 0 spiro atoms. The summed E-state index contributed by atoms with van der Waals surface area (Å²) in [6, 6.07) is 5.16. The van der Waals surface area contributed by atoms with Gasteiger partial charge in [0.05, 0.1) is 17.1 Å². The van der Waals surface area contributed by atoms with E-state index in [4.69, 9.17) is 0 Å². The molecule has 0 bridgehead atoms. The number of aliphatic hydroxyl groups is 1. The van der Waals surface area contributed by atoms with Crippen LogP contribution in [-0.2, 0) is 0 Å². The van der Waals surface area contributed by atoms with Gasteiger partial charge in [0.25, 0.3) is 11.6 Å². The molecule has 1 fully saturated rings. The van der Waals surface area contributed by atoms with Crippen LogP contribution in [0.1, 0.15) is 10.4 Å². The van der Waals surface area contributed by atoms with E-state index in [1.165, 1.54) is 29.2 Å². The van der Waals surface area contributed by atoms with Gasteiger partial charge >= 0.3 is 0 Å². The SMILES string of the molecule is CN(C(=O)c1ccc([N+](=O)[O-])cc1)[C@@H]1CNC[C@H]1O. The molecule has 1 heterocycles. The number of carbonyl (C=O) groups excluding carboxylic acids is 1. The van der Waals surface area contributed by atoms with Gasteiger partial charge in [0.2, 0.25) is 0 Å². The van der Waals surface area contributed by atoms with Crippen molar-refractivity contribution in [3.8, 4) is 0 Å². The molecule has 1 aromatic carbocycles. The number of hydrogen-bond donors (Lipinski definition) is 2. The molecule has 2 N–H and O–H groups in total. The van der Waals surface area contributed by atoms with Crippen molar-refractivity contribution in [1.82, 2.24) is 10.2 Å². The van der Waals surface area contributed by atoms with Gasteiger partial charge in [0.15, 0.2) is 0 Å². The standard InChI is InChI=1S/C12H15N3O4/c1-14(10-6-13-7-11(10)16)12(17)8-2-4-9(5-3-8)15(18)19/h2-5,10-11,13,16H,6-7H2,1H3/t10-,11-/m1/s1. The number of benzene rings is 1. The molecular weight excluding hydrogens is 250 g/mol. The van der Waals surface area contributed by atoms with Crippen LogP contribution in [0.2, 0.25) is 0 Å². The second-order valence-corrected chi connectivity index (χ2v) is 4.51. The number of hydrogen-bond acceptors (Lipinski definition) is 5. The molecule has 1 aliphatic rings. The number of non-ortho nitro benzene ring substituents is 1. The maximum atomic E-state index is 12.2. The summed E-state index contributed by atoms with van der Waals surface area (Å²) in [6.07, 6.45) is -0.591. The third kappa shape index (κ3) is 2.72. The van der Waals surface area contributed by atoms with Gasteiger partial charge in [-0.05, 0) is 12.1 Å². The molecule has 7 nitrogen and oxygen atoms in total. The number of nitro groups is 1. The van der Waals surface area contributed by atoms with E-state index in [1.54, 1.807) is 7.05 Å². The van der Waals surface area contributed by atoms with Crippen LogP contribution in [0.3, 0.4) is 0 Å². The highest BCUT2D eigenvalue weighted by atomic mass is 16.6. The first kappa shape index (κ1) is 13.4. The highest BCUT2D eigenvalue weighted by molar-refractivity contribution is 5.94. The molecule has 1 amide bonds. The minimum Gasteiger partial charge on any atom is -0.390 e. The Morgan fingerprint density at radius 3 is 2.53 bits per heavy atom. The van der Waals surface area contributed by atoms with Crippen LogP contribution in [0.25, 0.3) is 0 Å². The summed E-state index contributed by atoms with van der Waals surface area (Å²) in [5.74, 6) is -0.261. The lowest BCUT2D eigenvalue weighted by Crippen LogP contribution is -2.44. The Kier molecular flexibility index (Phi) is 3.77. The predicted octanol–water partition coefficient (Wildman–Crippen LogP) is -0.000500. The van der Waals surface area contributed by atoms with Crippen LogP contribution >= 0.6 is 0 Å². The van der Waals surface area contributed by atoms with E-state index in [0.29, 0.717) is 18.7 Å². The van der Waals surface area contributed by atoms with Crippen LogP contribution in [0.5, 0.6) is 0 Å². The van der Waals surface area contributed by atoms with Crippen LogP contribution in [0.15, 0.2) is 24.3 Å². The van der Waals surface area contributed by atoms with Gasteiger partial charge in [-0.3, -0.25) is 14.9 Å². The van der Waals surface area contributed by atoms with Crippen LogP contribution in [-0.4, -0.2) is 53.1 Å². The molecule has 0 saturated carbocycles. The summed E-state index contributed by atoms with van der Waals surface area (Å²) in [4.78, 5) is 23.7. The molecular formula is C12H15N3O4. The lowest BCUT2D eigenvalue weighted by Gasteiger charge is -2.26. The summed E-state index contributed by atoms with van der Waals surface area (Å²) in [5, 5.41) is 23.3. The topological polar surface area (TPSA) is 95.7 Å². The van der Waals surface area contributed by atoms with E-state index in [-0.39, 0.29) is 17.6 Å². The Hall–Kier alpha value is -1.99. The normalized spacial score (nSPS) is 22.2. The first-order valence-corrected chi connectivity index (χ1v) is 5.91. The van der Waals surface area contributed by atoms with Crippen molar-refractivity contribution in [3.05, 3.63) is 39.9 Å². The Morgan fingerprint density at radius 1 is 1.42 bits per heavy atom. The summed E-state index contributed by atoms with van der Waals surface area (Å²) in [7, 11) is 1.62. The minimum absolute atomic E-state index is 0.0539. The molecule has 2 atom stereocenters. The Morgan fingerprint density at radius 2 is 2.05 bits per heavy atom. The fourth-order valence-electron chi connectivity index (χ4n) is 2.13. The van der Waals surface area contributed by atoms with Crippen molar-refractivity contribution in [1.29, 1.82) is 0 Å². The van der Waals surface area contributed by atoms with E-state index < -0.39 is 11.0 Å². The third-order valence-electron chi connectivity index (χ3n) is 3.29. The van der Waals surface area contributed by atoms with Gasteiger partial charge in [-0.15, -0.1) is 0 Å². The second-order valence-electron chi connectivity index (χ2n) is 4.51. The lowest BCUT2D eigenvalue weighted by atomic mass is 10.1. The number of rotatable bonds is 3. The molecule has 0 aliphatic carbocycles. The fourth-order valence-corrected chi connectivity index (χ4v) is 2.13. The number of carbonyl (C=O) groups is 1. The molecule has 1 aromatic rings. The van der Waals surface area contributed by atoms with E-state index in [2.05, 4.69) is 5.32 Å². The zero-order valence-corrected chi connectivity index (χ0v) is 10.4. The molecule has 0 unspecified atom stereocenters. The molecule has 1 saturated heterocycles. The molecule has 102 valence electrons. The van der Waals surface area contributed by atoms with Gasteiger partial charge in [0, 0.05) is 37.8 Å². The first-order chi connectivity index (χ1) is 9.00. The highest BCUT2D eigenvalue weighted by Gasteiger charge is 2.31. The number of amides is 1. The van der Waals surface area contributed by atoms with Gasteiger partial charge < -0.3 is 15.3 Å². The van der Waals surface area contributed by atoms with Crippen molar-refractivity contribution >= 4 is 11.6 Å². The maximum absolute atomic E-state index is 12.2. The Bertz CT molecular complexity index is 488. The lowest BCUT2D eigenvalue weighted by molar-refractivity contribution is -0.384. The van der Waals surface area contributed by atoms with Crippen molar-refractivity contribution in [3.63, 3.8) is 0 Å². The second kappa shape index (κ2) is 5.33. The van der Waals surface area contributed by atoms with Crippen molar-refractivity contribution < 1.29 is 14.8 Å². The smallest absolute Gasteiger partial charge is 0.269 e. The van der Waals surface area contributed by atoms with E-state index in [0.717, 1.165) is 0 Å². The zero-order valence-electron chi connectivity index (χ0n) is 10.4. The van der Waals surface area contributed by atoms with Crippen LogP contribution in [0, 0.1) is 10.1 Å². The average Bonchev–Trinajstić information content (AvgIpc) is 2.83. The fraction of sp³-hybridized carbons (Fsp3) is 0.417. The van der Waals surface area contributed by atoms with Gasteiger partial charge in [0.1, 0.15) is 0 Å². The molecule has 0 aromatic heterocycles.